The molecule has 0 aromatic carbocycles. The van der Waals surface area contributed by atoms with Crippen molar-refractivity contribution in [2.45, 2.75) is 42.2 Å². The average Bonchev–Trinajstić information content (AvgIpc) is 2.42. The molecule has 0 aliphatic heterocycles. The van der Waals surface area contributed by atoms with Gasteiger partial charge in [-0.15, -0.1) is 0 Å². The molecule has 0 saturated heterocycles. The van der Waals surface area contributed by atoms with Gasteiger partial charge in [0.2, 0.25) is 0 Å². The van der Waals surface area contributed by atoms with Crippen molar-refractivity contribution in [3.8, 4) is 0 Å². The van der Waals surface area contributed by atoms with Gasteiger partial charge in [-0.25, -0.2) is 4.79 Å². The number of halogens is 13. The summed E-state index contributed by atoms with van der Waals surface area (Å²) in [5.41, 5.74) is 0. The van der Waals surface area contributed by atoms with Crippen molar-refractivity contribution >= 4 is 5.97 Å². The van der Waals surface area contributed by atoms with E-state index in [1.807, 2.05) is 0 Å². The number of alkyl halides is 13. The van der Waals surface area contributed by atoms with Crippen LogP contribution in [-0.2, 0) is 4.79 Å². The van der Waals surface area contributed by atoms with E-state index in [0.29, 0.717) is 0 Å². The van der Waals surface area contributed by atoms with Crippen LogP contribution in [-0.4, -0.2) is 78.5 Å². The van der Waals surface area contributed by atoms with Gasteiger partial charge in [0.05, 0.1) is 27.1 Å². The van der Waals surface area contributed by atoms with Crippen LogP contribution >= 0.6 is 0 Å². The molecule has 0 fully saturated rings. The van der Waals surface area contributed by atoms with Crippen molar-refractivity contribution in [3.63, 3.8) is 0 Å². The zero-order valence-electron chi connectivity index (χ0n) is 13.8. The van der Waals surface area contributed by atoms with Crippen LogP contribution in [0.25, 0.3) is 0 Å². The van der Waals surface area contributed by atoms with Crippen LogP contribution in [0.4, 0.5) is 57.1 Å². The summed E-state index contributed by atoms with van der Waals surface area (Å²) in [6, 6.07) is 0. The van der Waals surface area contributed by atoms with Gasteiger partial charge in [0.15, 0.2) is 6.54 Å². The minimum absolute atomic E-state index is 0.840. The number of carboxylic acids is 1. The standard InChI is InChI=1S/C12H12F13NO2/c1-26(2,5-6(27)28)4-3-7(13,14)8(15,16)9(17,18)10(19,20)11(21,22)12(23,24)25/h3-5H2,1-2H3/p+1. The lowest BCUT2D eigenvalue weighted by atomic mass is 9.92. The first kappa shape index (κ1) is 26.5. The molecule has 3 nitrogen and oxygen atoms in total. The highest BCUT2D eigenvalue weighted by atomic mass is 19.4. The van der Waals surface area contributed by atoms with E-state index < -0.39 is 65.8 Å². The van der Waals surface area contributed by atoms with Gasteiger partial charge in [-0.1, -0.05) is 0 Å². The molecular weight excluding hydrogens is 437 g/mol. The number of quaternary nitrogens is 1. The third kappa shape index (κ3) is 4.40. The molecule has 168 valence electrons. The normalized spacial score (nSPS) is 15.7. The van der Waals surface area contributed by atoms with Gasteiger partial charge in [-0.3, -0.25) is 0 Å². The quantitative estimate of drug-likeness (QED) is 0.421. The highest BCUT2D eigenvalue weighted by Gasteiger charge is 2.90. The molecule has 0 atom stereocenters. The van der Waals surface area contributed by atoms with Crippen LogP contribution in [0.2, 0.25) is 0 Å². The summed E-state index contributed by atoms with van der Waals surface area (Å²) in [4.78, 5) is 10.5. The predicted molar refractivity (Wildman–Crippen MR) is 64.9 cm³/mol. The van der Waals surface area contributed by atoms with E-state index >= 15 is 0 Å². The van der Waals surface area contributed by atoms with Crippen LogP contribution in [0.5, 0.6) is 0 Å². The van der Waals surface area contributed by atoms with E-state index in [9.17, 15) is 61.9 Å². The fraction of sp³-hybridized carbons (Fsp3) is 0.917. The van der Waals surface area contributed by atoms with E-state index in [1.165, 1.54) is 0 Å². The maximum Gasteiger partial charge on any atom is 0.460 e. The number of aliphatic carboxylic acids is 1. The Morgan fingerprint density at radius 2 is 1.07 bits per heavy atom. The molecule has 0 unspecified atom stereocenters. The van der Waals surface area contributed by atoms with Gasteiger partial charge in [-0.2, -0.15) is 57.1 Å². The van der Waals surface area contributed by atoms with Gasteiger partial charge in [-0.05, 0) is 0 Å². The smallest absolute Gasteiger partial charge is 0.460 e. The first-order valence-electron chi connectivity index (χ1n) is 6.87. The number of rotatable bonds is 9. The molecular formula is C12H13F13NO2+. The summed E-state index contributed by atoms with van der Waals surface area (Å²) >= 11 is 0. The Bertz CT molecular complexity index is 583. The Hall–Kier alpha value is -1.48. The molecule has 0 radical (unpaired) electrons. The molecule has 0 saturated carbocycles. The van der Waals surface area contributed by atoms with Gasteiger partial charge in [0.1, 0.15) is 0 Å². The van der Waals surface area contributed by atoms with Crippen molar-refractivity contribution in [2.75, 3.05) is 27.2 Å². The van der Waals surface area contributed by atoms with E-state index in [0.717, 1.165) is 14.1 Å². The summed E-state index contributed by atoms with van der Waals surface area (Å²) in [5, 5.41) is 8.48. The molecule has 0 spiro atoms. The second-order valence-electron chi connectivity index (χ2n) is 6.46. The fourth-order valence-corrected chi connectivity index (χ4v) is 1.85. The van der Waals surface area contributed by atoms with Crippen molar-refractivity contribution in [2.24, 2.45) is 0 Å². The zero-order chi connectivity index (χ0) is 23.2. The van der Waals surface area contributed by atoms with Gasteiger partial charge >= 0.3 is 41.8 Å². The van der Waals surface area contributed by atoms with E-state index in [4.69, 9.17) is 5.11 Å². The number of carbonyl (C=O) groups is 1. The van der Waals surface area contributed by atoms with E-state index in [-0.39, 0.29) is 0 Å². The van der Waals surface area contributed by atoms with Crippen LogP contribution in [0.15, 0.2) is 0 Å². The predicted octanol–water partition coefficient (Wildman–Crippen LogP) is 4.28. The molecule has 0 bridgehead atoms. The number of likely N-dealkylation sites (N-methyl/N-ethyl adjacent to an activating group) is 1. The summed E-state index contributed by atoms with van der Waals surface area (Å²) in [5.74, 6) is -38.7. The SMILES string of the molecule is C[N+](C)(CCC(F)(F)C(F)(F)C(F)(F)C(F)(F)C(F)(F)C(F)(F)F)CC(=O)O. The van der Waals surface area contributed by atoms with Crippen molar-refractivity contribution in [3.05, 3.63) is 0 Å². The monoisotopic (exact) mass is 450 g/mol. The highest BCUT2D eigenvalue weighted by molar-refractivity contribution is 5.67. The van der Waals surface area contributed by atoms with Gasteiger partial charge in [0, 0.05) is 0 Å². The Kier molecular flexibility index (Phi) is 6.72. The molecule has 0 rings (SSSR count). The van der Waals surface area contributed by atoms with E-state index in [1.54, 1.807) is 0 Å². The maximum atomic E-state index is 13.5. The second-order valence-corrected chi connectivity index (χ2v) is 6.46. The van der Waals surface area contributed by atoms with Crippen molar-refractivity contribution < 1.29 is 71.5 Å². The van der Waals surface area contributed by atoms with Gasteiger partial charge in [0.25, 0.3) is 0 Å². The molecule has 0 aromatic heterocycles. The molecule has 0 amide bonds. The molecule has 0 aliphatic carbocycles. The fourth-order valence-electron chi connectivity index (χ4n) is 1.85. The Balaban J connectivity index is 5.96. The molecule has 0 aromatic rings. The molecule has 0 heterocycles. The summed E-state index contributed by atoms with van der Waals surface area (Å²) < 4.78 is 167. The first-order valence-corrected chi connectivity index (χ1v) is 6.87. The minimum Gasteiger partial charge on any atom is -0.477 e. The molecule has 28 heavy (non-hydrogen) atoms. The maximum absolute atomic E-state index is 13.5. The molecule has 1 N–H and O–H groups in total. The Morgan fingerprint density at radius 3 is 1.39 bits per heavy atom. The summed E-state index contributed by atoms with van der Waals surface area (Å²) in [6.45, 7) is -2.37. The summed E-state index contributed by atoms with van der Waals surface area (Å²) in [6.07, 6.45) is -9.88. The molecule has 16 heteroatoms. The van der Waals surface area contributed by atoms with Gasteiger partial charge < -0.3 is 9.59 Å². The summed E-state index contributed by atoms with van der Waals surface area (Å²) in [7, 11) is 1.68. The van der Waals surface area contributed by atoms with Crippen LogP contribution in [0, 0.1) is 0 Å². The second kappa shape index (κ2) is 7.09. The largest absolute Gasteiger partial charge is 0.477 e. The number of hydrogen-bond acceptors (Lipinski definition) is 1. The molecule has 0 aliphatic rings. The number of hydrogen-bond donors (Lipinski definition) is 1. The Labute approximate surface area is 148 Å². The third-order valence-electron chi connectivity index (χ3n) is 3.59. The lowest BCUT2D eigenvalue weighted by Gasteiger charge is -2.40. The van der Waals surface area contributed by atoms with Crippen LogP contribution in [0.3, 0.4) is 0 Å². The number of carboxylic acid groups (broad SMARTS) is 1. The highest BCUT2D eigenvalue weighted by Crippen LogP contribution is 2.60. The minimum atomic E-state index is -7.93. The van der Waals surface area contributed by atoms with Crippen LogP contribution in [0.1, 0.15) is 6.42 Å². The topological polar surface area (TPSA) is 37.3 Å². The van der Waals surface area contributed by atoms with Crippen molar-refractivity contribution in [1.29, 1.82) is 0 Å². The van der Waals surface area contributed by atoms with E-state index in [2.05, 4.69) is 0 Å². The van der Waals surface area contributed by atoms with Crippen LogP contribution < -0.4 is 0 Å². The number of nitrogens with zero attached hydrogens (tertiary/aromatic N) is 1. The first-order chi connectivity index (χ1) is 11.9. The third-order valence-corrected chi connectivity index (χ3v) is 3.59. The van der Waals surface area contributed by atoms with Crippen molar-refractivity contribution in [1.82, 2.24) is 0 Å². The lowest BCUT2D eigenvalue weighted by Crippen LogP contribution is -2.70. The lowest BCUT2D eigenvalue weighted by molar-refractivity contribution is -0.884. The Morgan fingerprint density at radius 1 is 0.714 bits per heavy atom. The average molecular weight is 450 g/mol. The zero-order valence-corrected chi connectivity index (χ0v) is 13.8.